The van der Waals surface area contributed by atoms with Gasteiger partial charge in [-0.05, 0) is 50.5 Å². The largest absolute Gasteiger partial charge is 0.489 e. The Labute approximate surface area is 190 Å². The average Bonchev–Trinajstić information content (AvgIpc) is 2.72. The van der Waals surface area contributed by atoms with Crippen LogP contribution in [-0.2, 0) is 21.3 Å². The molecule has 1 N–H and O–H groups in total. The van der Waals surface area contributed by atoms with Crippen LogP contribution in [0.1, 0.15) is 44.2 Å². The summed E-state index contributed by atoms with van der Waals surface area (Å²) in [5, 5.41) is 2.73. The Kier molecular flexibility index (Phi) is 7.46. The molecule has 2 aromatic carbocycles. The van der Waals surface area contributed by atoms with E-state index in [-0.39, 0.29) is 12.0 Å². The zero-order valence-corrected chi connectivity index (χ0v) is 19.9. The van der Waals surface area contributed by atoms with Gasteiger partial charge in [0.1, 0.15) is 17.5 Å². The van der Waals surface area contributed by atoms with Crippen molar-refractivity contribution in [3.8, 4) is 5.75 Å². The molecule has 8 heteroatoms. The van der Waals surface area contributed by atoms with Crippen LogP contribution in [0.4, 0.5) is 4.79 Å². The SMILES string of the molecule is CC(C)(C)OC(=O)NCc1ccc(O[C@H]2C[C@@H](c3ccccc3)CN(S(C)(=O)=O)C2)cc1. The number of sulfonamides is 1. The van der Waals surface area contributed by atoms with Gasteiger partial charge in [0.2, 0.25) is 10.0 Å². The van der Waals surface area contributed by atoms with Gasteiger partial charge in [0.15, 0.2) is 0 Å². The molecule has 3 rings (SSSR count). The fourth-order valence-corrected chi connectivity index (χ4v) is 4.59. The maximum atomic E-state index is 12.2. The molecule has 0 unspecified atom stereocenters. The Balaban J connectivity index is 1.63. The summed E-state index contributed by atoms with van der Waals surface area (Å²) in [6.07, 6.45) is 1.25. The second kappa shape index (κ2) is 9.92. The van der Waals surface area contributed by atoms with Gasteiger partial charge >= 0.3 is 6.09 Å². The van der Waals surface area contributed by atoms with Crippen LogP contribution in [0.5, 0.6) is 5.75 Å². The lowest BCUT2D eigenvalue weighted by Gasteiger charge is -2.36. The molecule has 1 saturated heterocycles. The highest BCUT2D eigenvalue weighted by molar-refractivity contribution is 7.88. The molecular formula is C24H32N2O5S. The van der Waals surface area contributed by atoms with E-state index in [2.05, 4.69) is 5.32 Å². The van der Waals surface area contributed by atoms with Gasteiger partial charge in [-0.15, -0.1) is 0 Å². The van der Waals surface area contributed by atoms with E-state index in [0.717, 1.165) is 17.5 Å². The minimum absolute atomic E-state index is 0.0713. The third-order valence-electron chi connectivity index (χ3n) is 5.18. The van der Waals surface area contributed by atoms with Crippen molar-refractivity contribution in [3.63, 3.8) is 0 Å². The van der Waals surface area contributed by atoms with Crippen LogP contribution in [0, 0.1) is 0 Å². The number of benzene rings is 2. The normalized spacial score (nSPS) is 19.9. The summed E-state index contributed by atoms with van der Waals surface area (Å²) in [6.45, 7) is 6.57. The predicted molar refractivity (Wildman–Crippen MR) is 124 cm³/mol. The van der Waals surface area contributed by atoms with E-state index in [0.29, 0.717) is 25.4 Å². The lowest BCUT2D eigenvalue weighted by Crippen LogP contribution is -2.47. The van der Waals surface area contributed by atoms with Gasteiger partial charge in [-0.2, -0.15) is 4.31 Å². The first-order valence-corrected chi connectivity index (χ1v) is 12.6. The summed E-state index contributed by atoms with van der Waals surface area (Å²) in [6, 6.07) is 17.4. The standard InChI is InChI=1S/C24H32N2O5S/c1-24(2,3)31-23(27)25-15-18-10-12-21(13-11-18)30-22-14-20(19-8-6-5-7-9-19)16-26(17-22)32(4,28)29/h5-13,20,22H,14-17H2,1-4H3,(H,25,27)/t20-,22+/m1/s1. The fourth-order valence-electron chi connectivity index (χ4n) is 3.70. The van der Waals surface area contributed by atoms with Gasteiger partial charge in [0, 0.05) is 19.0 Å². The van der Waals surface area contributed by atoms with E-state index in [1.54, 1.807) is 0 Å². The molecular weight excluding hydrogens is 428 g/mol. The number of nitrogens with one attached hydrogen (secondary N) is 1. The molecule has 0 aliphatic carbocycles. The molecule has 1 aliphatic heterocycles. The molecule has 1 amide bonds. The van der Waals surface area contributed by atoms with Crippen molar-refractivity contribution >= 4 is 16.1 Å². The molecule has 2 atom stereocenters. The number of carbonyl (C=O) groups excluding carboxylic acids is 1. The van der Waals surface area contributed by atoms with Crippen molar-refractivity contribution < 1.29 is 22.7 Å². The number of ether oxygens (including phenoxy) is 2. The molecule has 174 valence electrons. The van der Waals surface area contributed by atoms with Gasteiger partial charge in [0.25, 0.3) is 0 Å². The van der Waals surface area contributed by atoms with E-state index in [1.807, 2.05) is 75.4 Å². The zero-order chi connectivity index (χ0) is 23.4. The highest BCUT2D eigenvalue weighted by Crippen LogP contribution is 2.30. The first kappa shape index (κ1) is 24.1. The van der Waals surface area contributed by atoms with Crippen molar-refractivity contribution in [2.24, 2.45) is 0 Å². The quantitative estimate of drug-likeness (QED) is 0.707. The number of alkyl carbamates (subject to hydrolysis) is 1. The van der Waals surface area contributed by atoms with Crippen molar-refractivity contribution in [2.45, 2.75) is 51.4 Å². The Morgan fingerprint density at radius 2 is 1.72 bits per heavy atom. The predicted octanol–water partition coefficient (Wildman–Crippen LogP) is 3.91. The van der Waals surface area contributed by atoms with E-state index < -0.39 is 21.7 Å². The Morgan fingerprint density at radius 1 is 1.06 bits per heavy atom. The molecule has 0 spiro atoms. The first-order chi connectivity index (χ1) is 15.0. The van der Waals surface area contributed by atoms with Crippen LogP contribution in [0.3, 0.4) is 0 Å². The molecule has 0 radical (unpaired) electrons. The van der Waals surface area contributed by atoms with E-state index in [9.17, 15) is 13.2 Å². The second-order valence-corrected chi connectivity index (χ2v) is 11.1. The fraction of sp³-hybridized carbons (Fsp3) is 0.458. The summed E-state index contributed by atoms with van der Waals surface area (Å²) in [4.78, 5) is 11.8. The summed E-state index contributed by atoms with van der Waals surface area (Å²) < 4.78 is 37.4. The van der Waals surface area contributed by atoms with E-state index >= 15 is 0 Å². The third kappa shape index (κ3) is 7.24. The number of amides is 1. The molecule has 1 heterocycles. The number of piperidine rings is 1. The van der Waals surface area contributed by atoms with Crippen molar-refractivity contribution in [1.82, 2.24) is 9.62 Å². The lowest BCUT2D eigenvalue weighted by atomic mass is 9.90. The smallest absolute Gasteiger partial charge is 0.407 e. The summed E-state index contributed by atoms with van der Waals surface area (Å²) in [5.41, 5.74) is 1.48. The highest BCUT2D eigenvalue weighted by Gasteiger charge is 2.33. The summed E-state index contributed by atoms with van der Waals surface area (Å²) in [7, 11) is -3.33. The topological polar surface area (TPSA) is 84.9 Å². The van der Waals surface area contributed by atoms with Crippen LogP contribution in [0.15, 0.2) is 54.6 Å². The highest BCUT2D eigenvalue weighted by atomic mass is 32.2. The van der Waals surface area contributed by atoms with Gasteiger partial charge in [-0.1, -0.05) is 42.5 Å². The van der Waals surface area contributed by atoms with Crippen LogP contribution in [-0.4, -0.2) is 49.9 Å². The van der Waals surface area contributed by atoms with Gasteiger partial charge in [0.05, 0.1) is 12.8 Å². The monoisotopic (exact) mass is 460 g/mol. The van der Waals surface area contributed by atoms with Gasteiger partial charge < -0.3 is 14.8 Å². The lowest BCUT2D eigenvalue weighted by molar-refractivity contribution is 0.0523. The number of hydrogen-bond acceptors (Lipinski definition) is 5. The number of nitrogens with zero attached hydrogens (tertiary/aromatic N) is 1. The minimum atomic E-state index is -3.33. The van der Waals surface area contributed by atoms with Crippen LogP contribution in [0.2, 0.25) is 0 Å². The number of carbonyl (C=O) groups is 1. The molecule has 0 bridgehead atoms. The van der Waals surface area contributed by atoms with Crippen LogP contribution < -0.4 is 10.1 Å². The molecule has 2 aromatic rings. The zero-order valence-electron chi connectivity index (χ0n) is 19.1. The summed E-state index contributed by atoms with van der Waals surface area (Å²) >= 11 is 0. The van der Waals surface area contributed by atoms with Gasteiger partial charge in [-0.25, -0.2) is 13.2 Å². The van der Waals surface area contributed by atoms with Crippen molar-refractivity contribution in [1.29, 1.82) is 0 Å². The first-order valence-electron chi connectivity index (χ1n) is 10.7. The number of hydrogen-bond donors (Lipinski definition) is 1. The van der Waals surface area contributed by atoms with E-state index in [1.165, 1.54) is 10.6 Å². The maximum Gasteiger partial charge on any atom is 0.407 e. The van der Waals surface area contributed by atoms with Crippen molar-refractivity contribution in [3.05, 3.63) is 65.7 Å². The van der Waals surface area contributed by atoms with Crippen LogP contribution in [0.25, 0.3) is 0 Å². The molecule has 0 saturated carbocycles. The number of rotatable bonds is 6. The maximum absolute atomic E-state index is 12.2. The molecule has 1 aliphatic rings. The molecule has 1 fully saturated rings. The third-order valence-corrected chi connectivity index (χ3v) is 6.42. The van der Waals surface area contributed by atoms with Crippen molar-refractivity contribution in [2.75, 3.05) is 19.3 Å². The second-order valence-electron chi connectivity index (χ2n) is 9.16. The van der Waals surface area contributed by atoms with Gasteiger partial charge in [-0.3, -0.25) is 0 Å². The molecule has 32 heavy (non-hydrogen) atoms. The Bertz CT molecular complexity index is 1000. The molecule has 7 nitrogen and oxygen atoms in total. The average molecular weight is 461 g/mol. The minimum Gasteiger partial charge on any atom is -0.489 e. The molecule has 0 aromatic heterocycles. The Morgan fingerprint density at radius 3 is 2.31 bits per heavy atom. The van der Waals surface area contributed by atoms with E-state index in [4.69, 9.17) is 9.47 Å². The Hall–Kier alpha value is -2.58. The summed E-state index contributed by atoms with van der Waals surface area (Å²) in [5.74, 6) is 0.736. The van der Waals surface area contributed by atoms with Crippen LogP contribution >= 0.6 is 0 Å².